The number of aliphatic hydroxyl groups is 1. The lowest BCUT2D eigenvalue weighted by Crippen LogP contribution is -2.50. The van der Waals surface area contributed by atoms with Gasteiger partial charge in [-0.2, -0.15) is 26.3 Å². The van der Waals surface area contributed by atoms with E-state index in [2.05, 4.69) is 15.0 Å². The molecule has 3 aliphatic heterocycles. The van der Waals surface area contributed by atoms with E-state index in [9.17, 15) is 58.2 Å². The maximum atomic E-state index is 13.8. The van der Waals surface area contributed by atoms with E-state index in [0.717, 1.165) is 15.8 Å². The van der Waals surface area contributed by atoms with Crippen molar-refractivity contribution in [2.24, 2.45) is 4.99 Å². The zero-order chi connectivity index (χ0) is 39.1. The van der Waals surface area contributed by atoms with Crippen LogP contribution in [0.1, 0.15) is 63.9 Å². The number of nitrogens with zero attached hydrogens (tertiary/aromatic N) is 3. The van der Waals surface area contributed by atoms with Crippen molar-refractivity contribution >= 4 is 33.7 Å². The highest BCUT2D eigenvalue weighted by Crippen LogP contribution is 2.39. The number of aliphatic imine (C=N–C) groups is 1. The molecule has 0 unspecified atom stereocenters. The summed E-state index contributed by atoms with van der Waals surface area (Å²) in [6.07, 6.45) is -7.97. The van der Waals surface area contributed by atoms with Crippen LogP contribution in [0.4, 0.5) is 35.1 Å². The van der Waals surface area contributed by atoms with Gasteiger partial charge in [-0.1, -0.05) is 0 Å². The lowest BCUT2D eigenvalue weighted by Gasteiger charge is -2.36. The number of benzene rings is 2. The third-order valence-corrected chi connectivity index (χ3v) is 11.2. The Labute approximate surface area is 299 Å². The fraction of sp³-hybridized carbons (Fsp3) is 0.500. The average Bonchev–Trinajstić information content (AvgIpc) is 3.41. The van der Waals surface area contributed by atoms with Gasteiger partial charge in [0, 0.05) is 42.7 Å². The summed E-state index contributed by atoms with van der Waals surface area (Å²) in [5.74, 6) is -7.10. The standard InChI is InChI=1S/C34H36F8N4O6S/c1-20-15-23(28(47)45-10-6-31(49,18-35)7-11-45)16-21(2)24(20)5-14-53(50,51)46-12-8-32(9-13-46)30(48)43-27(44-32)22-3-4-26(25(17-22)34(40,41)42)52-19-33(38,39)29(36)37/h3-5,14-17,29,49H,6-13,18-19H2,1-2H3,(H,43,44,48)/b14-5+. The van der Waals surface area contributed by atoms with Gasteiger partial charge in [-0.25, -0.2) is 21.6 Å². The first-order chi connectivity index (χ1) is 24.6. The van der Waals surface area contributed by atoms with Crippen LogP contribution in [0.2, 0.25) is 0 Å². The zero-order valence-electron chi connectivity index (χ0n) is 28.5. The summed E-state index contributed by atoms with van der Waals surface area (Å²) in [6, 6.07) is 5.34. The monoisotopic (exact) mass is 780 g/mol. The number of piperidine rings is 2. The Balaban J connectivity index is 1.26. The highest BCUT2D eigenvalue weighted by atomic mass is 32.2. The smallest absolute Gasteiger partial charge is 0.419 e. The Morgan fingerprint density at radius 2 is 1.62 bits per heavy atom. The first-order valence-electron chi connectivity index (χ1n) is 16.4. The van der Waals surface area contributed by atoms with Crippen LogP contribution < -0.4 is 10.1 Å². The number of carbonyl (C=O) groups excluding carboxylic acids is 2. The molecule has 2 amide bonds. The van der Waals surface area contributed by atoms with Gasteiger partial charge in [-0.05, 0) is 92.6 Å². The van der Waals surface area contributed by atoms with Crippen molar-refractivity contribution in [3.05, 3.63) is 69.1 Å². The van der Waals surface area contributed by atoms with Crippen molar-refractivity contribution in [1.29, 1.82) is 0 Å². The van der Waals surface area contributed by atoms with Crippen LogP contribution in [0, 0.1) is 13.8 Å². The number of carbonyl (C=O) groups is 2. The average molecular weight is 781 g/mol. The topological polar surface area (TPSA) is 129 Å². The Hall–Kier alpha value is -4.10. The van der Waals surface area contributed by atoms with Gasteiger partial charge in [0.05, 0.1) is 11.2 Å². The summed E-state index contributed by atoms with van der Waals surface area (Å²) < 4.78 is 138. The van der Waals surface area contributed by atoms with Crippen LogP contribution in [0.15, 0.2) is 40.7 Å². The number of halogens is 8. The molecule has 53 heavy (non-hydrogen) atoms. The van der Waals surface area contributed by atoms with Crippen molar-refractivity contribution in [1.82, 2.24) is 14.5 Å². The third-order valence-electron chi connectivity index (χ3n) is 9.67. The van der Waals surface area contributed by atoms with Gasteiger partial charge in [0.25, 0.3) is 11.8 Å². The number of nitrogens with one attached hydrogen (secondary N) is 1. The number of hydrogen-bond acceptors (Lipinski definition) is 7. The normalized spacial score (nSPS) is 19.6. The molecule has 0 aliphatic carbocycles. The van der Waals surface area contributed by atoms with Gasteiger partial charge in [0.15, 0.2) is 6.61 Å². The number of aryl methyl sites for hydroxylation is 2. The van der Waals surface area contributed by atoms with Crippen LogP contribution in [-0.4, -0.2) is 103 Å². The predicted molar refractivity (Wildman–Crippen MR) is 176 cm³/mol. The van der Waals surface area contributed by atoms with E-state index in [1.54, 1.807) is 26.0 Å². The molecule has 2 fully saturated rings. The fourth-order valence-corrected chi connectivity index (χ4v) is 7.58. The number of amides is 2. The zero-order valence-corrected chi connectivity index (χ0v) is 29.3. The largest absolute Gasteiger partial charge is 0.486 e. The van der Waals surface area contributed by atoms with Gasteiger partial charge >= 0.3 is 18.5 Å². The lowest BCUT2D eigenvalue weighted by atomic mass is 9.89. The van der Waals surface area contributed by atoms with Gasteiger partial charge in [-0.3, -0.25) is 14.6 Å². The Bertz CT molecular complexity index is 1900. The van der Waals surface area contributed by atoms with Crippen molar-refractivity contribution < 1.29 is 63.0 Å². The van der Waals surface area contributed by atoms with E-state index in [4.69, 9.17) is 0 Å². The molecule has 2 saturated heterocycles. The van der Waals surface area contributed by atoms with Gasteiger partial charge < -0.3 is 20.1 Å². The third kappa shape index (κ3) is 8.51. The number of ether oxygens (including phenoxy) is 1. The number of hydrogen-bond donors (Lipinski definition) is 2. The molecule has 0 radical (unpaired) electrons. The van der Waals surface area contributed by atoms with Crippen LogP contribution in [0.25, 0.3) is 6.08 Å². The van der Waals surface area contributed by atoms with Gasteiger partial charge in [-0.15, -0.1) is 0 Å². The minimum absolute atomic E-state index is 0.108. The van der Waals surface area contributed by atoms with Crippen LogP contribution >= 0.6 is 0 Å². The number of rotatable bonds is 10. The van der Waals surface area contributed by atoms with Crippen LogP contribution in [0.3, 0.4) is 0 Å². The molecular formula is C34H36F8N4O6S. The molecular weight excluding hydrogens is 744 g/mol. The summed E-state index contributed by atoms with van der Waals surface area (Å²) in [5.41, 5.74) is -2.66. The summed E-state index contributed by atoms with van der Waals surface area (Å²) in [4.78, 5) is 32.0. The van der Waals surface area contributed by atoms with Gasteiger partial charge in [0.2, 0.25) is 10.0 Å². The van der Waals surface area contributed by atoms with Crippen molar-refractivity contribution in [3.8, 4) is 5.75 Å². The predicted octanol–water partition coefficient (Wildman–Crippen LogP) is 5.25. The molecule has 3 aliphatic rings. The number of sulfonamides is 1. The lowest BCUT2D eigenvalue weighted by molar-refractivity contribution is -0.153. The second-order valence-electron chi connectivity index (χ2n) is 13.4. The summed E-state index contributed by atoms with van der Waals surface area (Å²) in [7, 11) is -4.05. The van der Waals surface area contributed by atoms with E-state index >= 15 is 0 Å². The van der Waals surface area contributed by atoms with Gasteiger partial charge in [0.1, 0.15) is 23.8 Å². The minimum atomic E-state index is -5.16. The number of likely N-dealkylation sites (tertiary alicyclic amines) is 1. The second-order valence-corrected chi connectivity index (χ2v) is 15.2. The van der Waals surface area contributed by atoms with E-state index in [0.29, 0.717) is 34.4 Å². The molecule has 0 saturated carbocycles. The molecule has 5 rings (SSSR count). The van der Waals surface area contributed by atoms with E-state index in [1.807, 2.05) is 0 Å². The molecule has 2 aromatic carbocycles. The number of amidine groups is 1. The molecule has 0 bridgehead atoms. The summed E-state index contributed by atoms with van der Waals surface area (Å²) in [6.45, 7) is 0.531. The first-order valence-corrected chi connectivity index (χ1v) is 17.9. The molecule has 10 nitrogen and oxygen atoms in total. The van der Waals surface area contributed by atoms with Crippen molar-refractivity contribution in [2.75, 3.05) is 39.5 Å². The quantitative estimate of drug-likeness (QED) is 0.318. The van der Waals surface area contributed by atoms with E-state index in [1.165, 1.54) is 11.0 Å². The van der Waals surface area contributed by atoms with E-state index < -0.39 is 70.2 Å². The van der Waals surface area contributed by atoms with Crippen LogP contribution in [-0.2, 0) is 21.0 Å². The van der Waals surface area contributed by atoms with E-state index in [-0.39, 0.29) is 69.2 Å². The first kappa shape index (κ1) is 40.1. The summed E-state index contributed by atoms with van der Waals surface area (Å²) in [5, 5.41) is 13.5. The molecule has 2 aromatic rings. The SMILES string of the molecule is Cc1cc(C(=O)N2CCC(O)(CF)CC2)cc(C)c1/C=C/S(=O)(=O)N1CCC2(CC1)N=C(c1ccc(OCC(F)(F)C(F)F)c(C(F)(F)F)c1)NC2=O. The maximum Gasteiger partial charge on any atom is 0.419 e. The highest BCUT2D eigenvalue weighted by Gasteiger charge is 2.48. The molecule has 1 spiro atoms. The molecule has 0 aromatic heterocycles. The Kier molecular flexibility index (Phi) is 11.1. The molecule has 0 atom stereocenters. The molecule has 3 heterocycles. The Morgan fingerprint density at radius 3 is 2.17 bits per heavy atom. The van der Waals surface area contributed by atoms with Crippen molar-refractivity contribution in [3.63, 3.8) is 0 Å². The van der Waals surface area contributed by atoms with Crippen molar-refractivity contribution in [2.45, 2.75) is 69.2 Å². The molecule has 2 N–H and O–H groups in total. The minimum Gasteiger partial charge on any atom is -0.486 e. The van der Waals surface area contributed by atoms with Crippen LogP contribution in [0.5, 0.6) is 5.75 Å². The highest BCUT2D eigenvalue weighted by molar-refractivity contribution is 7.92. The number of alkyl halides is 8. The Morgan fingerprint density at radius 1 is 1.02 bits per heavy atom. The maximum absolute atomic E-state index is 13.8. The summed E-state index contributed by atoms with van der Waals surface area (Å²) >= 11 is 0. The molecule has 290 valence electrons. The second kappa shape index (κ2) is 14.6. The fourth-order valence-electron chi connectivity index (χ4n) is 6.41. The molecule has 19 heteroatoms.